The Morgan fingerprint density at radius 2 is 2.00 bits per heavy atom. The van der Waals surface area contributed by atoms with Gasteiger partial charge in [-0.2, -0.15) is 0 Å². The van der Waals surface area contributed by atoms with Crippen LogP contribution in [0.3, 0.4) is 0 Å². The van der Waals surface area contributed by atoms with Gasteiger partial charge < -0.3 is 16.0 Å². The van der Waals surface area contributed by atoms with Gasteiger partial charge >= 0.3 is 0 Å². The fraction of sp³-hybridized carbons (Fsp3) is 0.857. The normalized spacial score (nSPS) is 18.2. The first-order valence-electron chi connectivity index (χ1n) is 7.29. The van der Waals surface area contributed by atoms with Gasteiger partial charge in [-0.1, -0.05) is 13.3 Å². The summed E-state index contributed by atoms with van der Waals surface area (Å²) in [7, 11) is 0. The number of nitrogens with zero attached hydrogens (tertiary/aromatic N) is 1. The maximum atomic E-state index is 12.1. The molecule has 0 aromatic rings. The minimum Gasteiger partial charge on any atom is -0.356 e. The smallest absolute Gasteiger partial charge is 0.222 e. The number of hydrogen-bond acceptors (Lipinski definition) is 3. The van der Waals surface area contributed by atoms with E-state index < -0.39 is 0 Å². The topological polar surface area (TPSA) is 75.4 Å². The van der Waals surface area contributed by atoms with Gasteiger partial charge in [0.25, 0.3) is 0 Å². The Morgan fingerprint density at radius 1 is 1.37 bits per heavy atom. The van der Waals surface area contributed by atoms with Gasteiger partial charge in [0.1, 0.15) is 0 Å². The van der Waals surface area contributed by atoms with Gasteiger partial charge in [-0.25, -0.2) is 0 Å². The van der Waals surface area contributed by atoms with Gasteiger partial charge in [0.15, 0.2) is 0 Å². The van der Waals surface area contributed by atoms with Crippen molar-refractivity contribution < 1.29 is 9.59 Å². The van der Waals surface area contributed by atoms with Gasteiger partial charge in [0.2, 0.25) is 11.8 Å². The van der Waals surface area contributed by atoms with Crippen LogP contribution >= 0.6 is 0 Å². The van der Waals surface area contributed by atoms with Crippen molar-refractivity contribution in [2.75, 3.05) is 26.2 Å². The molecule has 5 nitrogen and oxygen atoms in total. The minimum absolute atomic E-state index is 0.0206. The number of nitrogens with two attached hydrogens (primary N) is 1. The zero-order valence-electron chi connectivity index (χ0n) is 12.2. The largest absolute Gasteiger partial charge is 0.356 e. The monoisotopic (exact) mass is 269 g/mol. The third-order valence-corrected chi connectivity index (χ3v) is 3.98. The van der Waals surface area contributed by atoms with E-state index in [0.717, 1.165) is 38.9 Å². The molecule has 0 aromatic carbocycles. The summed E-state index contributed by atoms with van der Waals surface area (Å²) in [5.41, 5.74) is 5.64. The van der Waals surface area contributed by atoms with Crippen LogP contribution in [0.4, 0.5) is 0 Å². The van der Waals surface area contributed by atoms with E-state index in [1.54, 1.807) is 0 Å². The number of rotatable bonds is 6. The molecule has 1 heterocycles. The Morgan fingerprint density at radius 3 is 2.47 bits per heavy atom. The van der Waals surface area contributed by atoms with Crippen LogP contribution in [0.25, 0.3) is 0 Å². The highest BCUT2D eigenvalue weighted by atomic mass is 16.2. The van der Waals surface area contributed by atoms with Crippen molar-refractivity contribution in [2.24, 2.45) is 17.6 Å². The lowest BCUT2D eigenvalue weighted by atomic mass is 9.95. The lowest BCUT2D eigenvalue weighted by Gasteiger charge is -2.32. The third-order valence-electron chi connectivity index (χ3n) is 3.98. The highest BCUT2D eigenvalue weighted by molar-refractivity contribution is 5.76. The van der Waals surface area contributed by atoms with Crippen LogP contribution in [0.15, 0.2) is 0 Å². The molecule has 1 atom stereocenters. The molecule has 0 radical (unpaired) electrons. The van der Waals surface area contributed by atoms with E-state index in [2.05, 4.69) is 12.2 Å². The van der Waals surface area contributed by atoms with E-state index in [1.165, 1.54) is 6.92 Å². The fourth-order valence-corrected chi connectivity index (χ4v) is 2.44. The van der Waals surface area contributed by atoms with E-state index in [-0.39, 0.29) is 11.8 Å². The van der Waals surface area contributed by atoms with Crippen molar-refractivity contribution in [1.82, 2.24) is 10.2 Å². The van der Waals surface area contributed by atoms with Gasteiger partial charge in [-0.3, -0.25) is 9.59 Å². The summed E-state index contributed by atoms with van der Waals surface area (Å²) in [6, 6.07) is 0. The van der Waals surface area contributed by atoms with Crippen LogP contribution in [0.1, 0.15) is 39.5 Å². The molecular weight excluding hydrogens is 242 g/mol. The summed E-state index contributed by atoms with van der Waals surface area (Å²) < 4.78 is 0. The van der Waals surface area contributed by atoms with Gasteiger partial charge in [0.05, 0.1) is 0 Å². The Labute approximate surface area is 115 Å². The summed E-state index contributed by atoms with van der Waals surface area (Å²) in [5, 5.41) is 2.85. The van der Waals surface area contributed by atoms with Crippen LogP contribution in [0, 0.1) is 11.8 Å². The third kappa shape index (κ3) is 5.59. The molecule has 1 saturated heterocycles. The van der Waals surface area contributed by atoms with Crippen molar-refractivity contribution in [3.63, 3.8) is 0 Å². The first-order valence-corrected chi connectivity index (χ1v) is 7.29. The maximum Gasteiger partial charge on any atom is 0.222 e. The molecule has 5 heteroatoms. The van der Waals surface area contributed by atoms with E-state index in [4.69, 9.17) is 5.73 Å². The number of likely N-dealkylation sites (tertiary alicyclic amines) is 1. The molecule has 1 unspecified atom stereocenters. The molecule has 1 aliphatic heterocycles. The molecule has 0 saturated carbocycles. The van der Waals surface area contributed by atoms with Crippen LogP contribution in [0.5, 0.6) is 0 Å². The van der Waals surface area contributed by atoms with Crippen LogP contribution in [-0.2, 0) is 9.59 Å². The van der Waals surface area contributed by atoms with E-state index in [1.807, 2.05) is 4.90 Å². The van der Waals surface area contributed by atoms with Gasteiger partial charge in [-0.15, -0.1) is 0 Å². The maximum absolute atomic E-state index is 12.1. The zero-order valence-corrected chi connectivity index (χ0v) is 12.2. The average Bonchev–Trinajstić information content (AvgIpc) is 2.42. The van der Waals surface area contributed by atoms with Crippen molar-refractivity contribution in [2.45, 2.75) is 39.5 Å². The second kappa shape index (κ2) is 8.15. The standard InChI is InChI=1S/C14H27N3O2/c1-3-12(9-15)8-14(19)17-6-4-13(5-7-17)10-16-11(2)18/h12-13H,3-10,15H2,1-2H3,(H,16,18). The molecule has 1 fully saturated rings. The van der Waals surface area contributed by atoms with Gasteiger partial charge in [0, 0.05) is 33.0 Å². The number of amides is 2. The lowest BCUT2D eigenvalue weighted by molar-refractivity contribution is -0.133. The molecule has 0 aromatic heterocycles. The second-order valence-electron chi connectivity index (χ2n) is 5.48. The van der Waals surface area contributed by atoms with Gasteiger partial charge in [-0.05, 0) is 31.2 Å². The van der Waals surface area contributed by atoms with E-state index in [0.29, 0.717) is 24.8 Å². The summed E-state index contributed by atoms with van der Waals surface area (Å²) >= 11 is 0. The first-order chi connectivity index (χ1) is 9.06. The quantitative estimate of drug-likeness (QED) is 0.746. The molecular formula is C14H27N3O2. The zero-order chi connectivity index (χ0) is 14.3. The molecule has 0 aliphatic carbocycles. The molecule has 1 rings (SSSR count). The SMILES string of the molecule is CCC(CN)CC(=O)N1CCC(CNC(C)=O)CC1. The molecule has 110 valence electrons. The Balaban J connectivity index is 2.28. The number of piperidine rings is 1. The Kier molecular flexibility index (Phi) is 6.84. The predicted molar refractivity (Wildman–Crippen MR) is 75.4 cm³/mol. The van der Waals surface area contributed by atoms with Crippen LogP contribution in [-0.4, -0.2) is 42.9 Å². The first kappa shape index (κ1) is 16.0. The molecule has 0 bridgehead atoms. The predicted octanol–water partition coefficient (Wildman–Crippen LogP) is 0.736. The van der Waals surface area contributed by atoms with Crippen molar-refractivity contribution in [1.29, 1.82) is 0 Å². The Bertz CT molecular complexity index is 295. The number of carbonyl (C=O) groups excluding carboxylic acids is 2. The number of carbonyl (C=O) groups is 2. The molecule has 1 aliphatic rings. The van der Waals surface area contributed by atoms with Crippen molar-refractivity contribution >= 4 is 11.8 Å². The van der Waals surface area contributed by atoms with Crippen LogP contribution < -0.4 is 11.1 Å². The molecule has 3 N–H and O–H groups in total. The summed E-state index contributed by atoms with van der Waals surface area (Å²) in [6.07, 6.45) is 3.49. The second-order valence-corrected chi connectivity index (χ2v) is 5.48. The van der Waals surface area contributed by atoms with E-state index in [9.17, 15) is 9.59 Å². The fourth-order valence-electron chi connectivity index (χ4n) is 2.44. The summed E-state index contributed by atoms with van der Waals surface area (Å²) in [4.78, 5) is 24.9. The molecule has 19 heavy (non-hydrogen) atoms. The highest BCUT2D eigenvalue weighted by Crippen LogP contribution is 2.18. The summed E-state index contributed by atoms with van der Waals surface area (Å²) in [5.74, 6) is 1.07. The number of nitrogens with one attached hydrogen (secondary N) is 1. The Hall–Kier alpha value is -1.10. The van der Waals surface area contributed by atoms with Crippen LogP contribution in [0.2, 0.25) is 0 Å². The minimum atomic E-state index is 0.0206. The molecule has 2 amide bonds. The average molecular weight is 269 g/mol. The number of hydrogen-bond donors (Lipinski definition) is 2. The molecule has 0 spiro atoms. The highest BCUT2D eigenvalue weighted by Gasteiger charge is 2.23. The lowest BCUT2D eigenvalue weighted by Crippen LogP contribution is -2.42. The van der Waals surface area contributed by atoms with E-state index >= 15 is 0 Å². The summed E-state index contributed by atoms with van der Waals surface area (Å²) in [6.45, 7) is 6.55. The van der Waals surface area contributed by atoms with Crippen molar-refractivity contribution in [3.8, 4) is 0 Å². The van der Waals surface area contributed by atoms with Crippen molar-refractivity contribution in [3.05, 3.63) is 0 Å².